The molecule has 24 heavy (non-hydrogen) atoms. The Morgan fingerprint density at radius 1 is 1.21 bits per heavy atom. The summed E-state index contributed by atoms with van der Waals surface area (Å²) in [6, 6.07) is 7.72. The van der Waals surface area contributed by atoms with E-state index in [0.29, 0.717) is 13.1 Å². The van der Waals surface area contributed by atoms with Crippen molar-refractivity contribution in [3.8, 4) is 0 Å². The summed E-state index contributed by atoms with van der Waals surface area (Å²) in [6.07, 6.45) is 2.80. The van der Waals surface area contributed by atoms with Crippen LogP contribution in [0.4, 0.5) is 4.79 Å². The van der Waals surface area contributed by atoms with Crippen molar-refractivity contribution in [1.82, 2.24) is 4.90 Å². The van der Waals surface area contributed by atoms with Gasteiger partial charge in [0, 0.05) is 13.1 Å². The van der Waals surface area contributed by atoms with E-state index >= 15 is 0 Å². The van der Waals surface area contributed by atoms with Crippen LogP contribution in [-0.2, 0) is 20.7 Å². The molecule has 0 spiro atoms. The largest absolute Gasteiger partial charge is 0.469 e. The fourth-order valence-electron chi connectivity index (χ4n) is 2.64. The predicted octanol–water partition coefficient (Wildman–Crippen LogP) is 3.43. The molecule has 0 aromatic heterocycles. The van der Waals surface area contributed by atoms with Gasteiger partial charge in [0.05, 0.1) is 13.5 Å². The lowest BCUT2D eigenvalue weighted by Gasteiger charge is -2.30. The Labute approximate surface area is 143 Å². The monoisotopic (exact) mass is 331 g/mol. The van der Waals surface area contributed by atoms with Crippen LogP contribution < -0.4 is 0 Å². The van der Waals surface area contributed by atoms with Crippen LogP contribution in [-0.4, -0.2) is 42.8 Å². The SMILES string of the molecule is COC(=O)Cc1ccccc1C1=CCCN(C(=O)OC(C)(C)C)C1. The maximum Gasteiger partial charge on any atom is 0.410 e. The summed E-state index contributed by atoms with van der Waals surface area (Å²) in [5.41, 5.74) is 2.41. The average molecular weight is 331 g/mol. The topological polar surface area (TPSA) is 55.8 Å². The molecule has 1 amide bonds. The first-order valence-corrected chi connectivity index (χ1v) is 8.12. The standard InChI is InChI=1S/C19H25NO4/c1-19(2,3)24-18(22)20-11-7-9-15(13-20)16-10-6-5-8-14(16)12-17(21)23-4/h5-6,8-10H,7,11-13H2,1-4H3. The van der Waals surface area contributed by atoms with Crippen LogP contribution in [0.1, 0.15) is 38.3 Å². The van der Waals surface area contributed by atoms with Crippen molar-refractivity contribution >= 4 is 17.6 Å². The van der Waals surface area contributed by atoms with Gasteiger partial charge < -0.3 is 14.4 Å². The quantitative estimate of drug-likeness (QED) is 0.796. The van der Waals surface area contributed by atoms with Gasteiger partial charge in [-0.2, -0.15) is 0 Å². The van der Waals surface area contributed by atoms with Gasteiger partial charge in [-0.25, -0.2) is 4.79 Å². The minimum Gasteiger partial charge on any atom is -0.469 e. The van der Waals surface area contributed by atoms with E-state index in [2.05, 4.69) is 6.08 Å². The second kappa shape index (κ2) is 7.51. The molecule has 0 fully saturated rings. The van der Waals surface area contributed by atoms with Crippen LogP contribution in [0, 0.1) is 0 Å². The Morgan fingerprint density at radius 3 is 2.58 bits per heavy atom. The molecule has 0 atom stereocenters. The van der Waals surface area contributed by atoms with Crippen molar-refractivity contribution in [2.45, 2.75) is 39.2 Å². The molecule has 1 aromatic rings. The number of carbonyl (C=O) groups excluding carboxylic acids is 2. The summed E-state index contributed by atoms with van der Waals surface area (Å²) >= 11 is 0. The normalized spacial score (nSPS) is 14.8. The van der Waals surface area contributed by atoms with Crippen LogP contribution in [0.5, 0.6) is 0 Å². The molecule has 1 aliphatic rings. The number of esters is 1. The van der Waals surface area contributed by atoms with Crippen LogP contribution >= 0.6 is 0 Å². The molecular weight excluding hydrogens is 306 g/mol. The number of hydrogen-bond acceptors (Lipinski definition) is 4. The summed E-state index contributed by atoms with van der Waals surface area (Å²) in [5, 5.41) is 0. The fraction of sp³-hybridized carbons (Fsp3) is 0.474. The summed E-state index contributed by atoms with van der Waals surface area (Å²) in [5.74, 6) is -0.275. The third-order valence-electron chi connectivity index (χ3n) is 3.73. The van der Waals surface area contributed by atoms with Gasteiger partial charge in [0.15, 0.2) is 0 Å². The highest BCUT2D eigenvalue weighted by atomic mass is 16.6. The van der Waals surface area contributed by atoms with Gasteiger partial charge in [-0.3, -0.25) is 4.79 Å². The molecule has 0 saturated carbocycles. The molecular formula is C19H25NO4. The van der Waals surface area contributed by atoms with Crippen molar-refractivity contribution in [3.05, 3.63) is 41.5 Å². The lowest BCUT2D eigenvalue weighted by Crippen LogP contribution is -2.39. The zero-order chi connectivity index (χ0) is 17.7. The van der Waals surface area contributed by atoms with E-state index < -0.39 is 5.60 Å². The van der Waals surface area contributed by atoms with Gasteiger partial charge >= 0.3 is 12.1 Å². The molecule has 1 aliphatic heterocycles. The number of benzene rings is 1. The van der Waals surface area contributed by atoms with Gasteiger partial charge in [0.2, 0.25) is 0 Å². The van der Waals surface area contributed by atoms with Crippen LogP contribution in [0.15, 0.2) is 30.3 Å². The number of hydrogen-bond donors (Lipinski definition) is 0. The highest BCUT2D eigenvalue weighted by Crippen LogP contribution is 2.25. The van der Waals surface area contributed by atoms with Crippen molar-refractivity contribution in [3.63, 3.8) is 0 Å². The van der Waals surface area contributed by atoms with E-state index in [4.69, 9.17) is 9.47 Å². The van der Waals surface area contributed by atoms with E-state index in [0.717, 1.165) is 23.1 Å². The Morgan fingerprint density at radius 2 is 1.92 bits per heavy atom. The summed E-state index contributed by atoms with van der Waals surface area (Å²) in [6.45, 7) is 6.69. The smallest absolute Gasteiger partial charge is 0.410 e. The molecule has 0 bridgehead atoms. The zero-order valence-electron chi connectivity index (χ0n) is 14.8. The second-order valence-electron chi connectivity index (χ2n) is 6.83. The van der Waals surface area contributed by atoms with Crippen molar-refractivity contribution < 1.29 is 19.1 Å². The molecule has 5 heteroatoms. The third-order valence-corrected chi connectivity index (χ3v) is 3.73. The van der Waals surface area contributed by atoms with Crippen molar-refractivity contribution in [1.29, 1.82) is 0 Å². The van der Waals surface area contributed by atoms with E-state index in [9.17, 15) is 9.59 Å². The highest BCUT2D eigenvalue weighted by molar-refractivity contribution is 5.80. The van der Waals surface area contributed by atoms with Gasteiger partial charge in [-0.1, -0.05) is 30.3 Å². The van der Waals surface area contributed by atoms with Gasteiger partial charge in [0.1, 0.15) is 5.60 Å². The Kier molecular flexibility index (Phi) is 5.65. The van der Waals surface area contributed by atoms with E-state index in [1.54, 1.807) is 4.90 Å². The maximum absolute atomic E-state index is 12.3. The Bertz CT molecular complexity index is 643. The molecule has 1 aromatic carbocycles. The first-order valence-electron chi connectivity index (χ1n) is 8.12. The zero-order valence-corrected chi connectivity index (χ0v) is 14.8. The van der Waals surface area contributed by atoms with Crippen LogP contribution in [0.25, 0.3) is 5.57 Å². The lowest BCUT2D eigenvalue weighted by atomic mass is 9.95. The Hall–Kier alpha value is -2.30. The number of ether oxygens (including phenoxy) is 2. The number of amides is 1. The van der Waals surface area contributed by atoms with Crippen molar-refractivity contribution in [2.24, 2.45) is 0 Å². The first-order chi connectivity index (χ1) is 11.3. The molecule has 0 radical (unpaired) electrons. The summed E-state index contributed by atoms with van der Waals surface area (Å²) in [7, 11) is 1.38. The molecule has 2 rings (SSSR count). The second-order valence-corrected chi connectivity index (χ2v) is 6.83. The average Bonchev–Trinajstić information content (AvgIpc) is 2.54. The lowest BCUT2D eigenvalue weighted by molar-refractivity contribution is -0.139. The minimum atomic E-state index is -0.513. The molecule has 0 saturated heterocycles. The number of carbonyl (C=O) groups is 2. The van der Waals surface area contributed by atoms with E-state index in [1.807, 2.05) is 45.0 Å². The number of methoxy groups -OCH3 is 1. The molecule has 130 valence electrons. The van der Waals surface area contributed by atoms with E-state index in [1.165, 1.54) is 7.11 Å². The Balaban J connectivity index is 2.17. The number of nitrogens with zero attached hydrogens (tertiary/aromatic N) is 1. The highest BCUT2D eigenvalue weighted by Gasteiger charge is 2.25. The molecule has 0 N–H and O–H groups in total. The van der Waals surface area contributed by atoms with Crippen LogP contribution in [0.2, 0.25) is 0 Å². The number of rotatable bonds is 3. The summed E-state index contributed by atoms with van der Waals surface area (Å²) < 4.78 is 10.2. The maximum atomic E-state index is 12.3. The van der Waals surface area contributed by atoms with Gasteiger partial charge in [0.25, 0.3) is 0 Å². The van der Waals surface area contributed by atoms with Gasteiger partial charge in [-0.15, -0.1) is 0 Å². The molecule has 0 unspecified atom stereocenters. The molecule has 0 aliphatic carbocycles. The minimum absolute atomic E-state index is 0.219. The van der Waals surface area contributed by atoms with E-state index in [-0.39, 0.29) is 18.5 Å². The van der Waals surface area contributed by atoms with Crippen LogP contribution in [0.3, 0.4) is 0 Å². The predicted molar refractivity (Wildman–Crippen MR) is 92.6 cm³/mol. The van der Waals surface area contributed by atoms with Gasteiger partial charge in [-0.05, 0) is 43.9 Å². The third kappa shape index (κ3) is 4.85. The summed E-state index contributed by atoms with van der Waals surface area (Å²) in [4.78, 5) is 25.6. The molecule has 5 nitrogen and oxygen atoms in total. The fourth-order valence-corrected chi connectivity index (χ4v) is 2.64. The molecule has 1 heterocycles. The van der Waals surface area contributed by atoms with Crippen molar-refractivity contribution in [2.75, 3.05) is 20.2 Å². The first kappa shape index (κ1) is 18.0.